The van der Waals surface area contributed by atoms with Gasteiger partial charge in [-0.15, -0.1) is 0 Å². The summed E-state index contributed by atoms with van der Waals surface area (Å²) in [4.78, 5) is 32.9. The number of hydrogen-bond acceptors (Lipinski definition) is 6. The molecule has 7 nitrogen and oxygen atoms in total. The highest BCUT2D eigenvalue weighted by molar-refractivity contribution is 5.99. The van der Waals surface area contributed by atoms with E-state index in [-0.39, 0.29) is 17.1 Å². The first kappa shape index (κ1) is 21.7. The summed E-state index contributed by atoms with van der Waals surface area (Å²) in [5, 5.41) is 0.445. The van der Waals surface area contributed by atoms with Gasteiger partial charge in [0.15, 0.2) is 16.9 Å². The number of carbonyl (C=O) groups is 1. The molecule has 2 aromatic heterocycles. The number of nitrogens with zero attached hydrogens (tertiary/aromatic N) is 2. The van der Waals surface area contributed by atoms with Crippen molar-refractivity contribution in [3.05, 3.63) is 99.7 Å². The van der Waals surface area contributed by atoms with Gasteiger partial charge in [-0.25, -0.2) is 0 Å². The molecule has 0 aliphatic carbocycles. The molecule has 0 bridgehead atoms. The van der Waals surface area contributed by atoms with E-state index < -0.39 is 6.04 Å². The molecule has 3 heterocycles. The molecule has 0 N–H and O–H groups in total. The van der Waals surface area contributed by atoms with Crippen molar-refractivity contribution in [2.45, 2.75) is 26.4 Å². The molecule has 1 amide bonds. The minimum Gasteiger partial charge on any atom is -0.490 e. The van der Waals surface area contributed by atoms with Crippen LogP contribution in [0.3, 0.4) is 0 Å². The van der Waals surface area contributed by atoms with Gasteiger partial charge in [-0.05, 0) is 61.4 Å². The number of benzene rings is 2. The van der Waals surface area contributed by atoms with E-state index in [1.165, 1.54) is 0 Å². The molecule has 7 heteroatoms. The molecular weight excluding hydrogens is 432 g/mol. The maximum absolute atomic E-state index is 13.6. The molecule has 1 atom stereocenters. The Labute approximate surface area is 196 Å². The Hall–Kier alpha value is -4.13. The second kappa shape index (κ2) is 9.02. The minimum atomic E-state index is -0.633. The van der Waals surface area contributed by atoms with Crippen LogP contribution in [0.2, 0.25) is 0 Å². The fraction of sp³-hybridized carbons (Fsp3) is 0.222. The molecule has 2 aromatic carbocycles. The largest absolute Gasteiger partial charge is 0.490 e. The van der Waals surface area contributed by atoms with E-state index in [0.717, 1.165) is 11.1 Å². The summed E-state index contributed by atoms with van der Waals surface area (Å²) in [6.45, 7) is 5.05. The van der Waals surface area contributed by atoms with Crippen LogP contribution in [-0.2, 0) is 6.54 Å². The number of aromatic nitrogens is 1. The lowest BCUT2D eigenvalue weighted by molar-refractivity contribution is 0.0714. The fourth-order valence-electron chi connectivity index (χ4n) is 4.40. The number of para-hydroxylation sites is 1. The first-order valence-corrected chi connectivity index (χ1v) is 11.3. The van der Waals surface area contributed by atoms with Crippen molar-refractivity contribution in [2.75, 3.05) is 13.2 Å². The maximum Gasteiger partial charge on any atom is 0.291 e. The fourth-order valence-corrected chi connectivity index (χ4v) is 4.40. The molecule has 0 radical (unpaired) electrons. The van der Waals surface area contributed by atoms with Crippen LogP contribution in [0.25, 0.3) is 11.0 Å². The Morgan fingerprint density at radius 3 is 2.44 bits per heavy atom. The molecule has 0 saturated heterocycles. The van der Waals surface area contributed by atoms with Gasteiger partial charge in [-0.1, -0.05) is 18.2 Å². The van der Waals surface area contributed by atoms with Gasteiger partial charge in [0.25, 0.3) is 5.91 Å². The van der Waals surface area contributed by atoms with E-state index >= 15 is 0 Å². The number of fused-ring (bicyclic) bond motifs is 2. The van der Waals surface area contributed by atoms with Crippen LogP contribution in [0.15, 0.2) is 76.2 Å². The van der Waals surface area contributed by atoms with Crippen LogP contribution in [0.4, 0.5) is 0 Å². The highest BCUT2D eigenvalue weighted by atomic mass is 16.5. The monoisotopic (exact) mass is 456 g/mol. The predicted molar refractivity (Wildman–Crippen MR) is 127 cm³/mol. The zero-order chi connectivity index (χ0) is 23.7. The summed E-state index contributed by atoms with van der Waals surface area (Å²) in [5.41, 5.74) is 2.17. The number of hydrogen-bond donors (Lipinski definition) is 0. The zero-order valence-electron chi connectivity index (χ0n) is 19.0. The predicted octanol–water partition coefficient (Wildman–Crippen LogP) is 4.73. The van der Waals surface area contributed by atoms with Crippen molar-refractivity contribution >= 4 is 16.9 Å². The van der Waals surface area contributed by atoms with Gasteiger partial charge < -0.3 is 18.8 Å². The lowest BCUT2D eigenvalue weighted by Crippen LogP contribution is -2.29. The summed E-state index contributed by atoms with van der Waals surface area (Å²) in [7, 11) is 0. The first-order valence-electron chi connectivity index (χ1n) is 11.3. The molecule has 0 saturated carbocycles. The molecule has 0 fully saturated rings. The van der Waals surface area contributed by atoms with Crippen molar-refractivity contribution in [2.24, 2.45) is 0 Å². The van der Waals surface area contributed by atoms with Gasteiger partial charge in [0, 0.05) is 18.9 Å². The van der Waals surface area contributed by atoms with Crippen LogP contribution in [0, 0.1) is 0 Å². The Kier molecular flexibility index (Phi) is 5.76. The van der Waals surface area contributed by atoms with E-state index in [1.807, 2.05) is 44.2 Å². The lowest BCUT2D eigenvalue weighted by atomic mass is 9.98. The van der Waals surface area contributed by atoms with Gasteiger partial charge in [-0.2, -0.15) is 0 Å². The number of carbonyl (C=O) groups excluding carboxylic acids is 1. The van der Waals surface area contributed by atoms with Crippen LogP contribution in [0.1, 0.15) is 47.1 Å². The van der Waals surface area contributed by atoms with Crippen LogP contribution < -0.4 is 14.9 Å². The smallest absolute Gasteiger partial charge is 0.291 e. The molecule has 34 heavy (non-hydrogen) atoms. The Balaban J connectivity index is 1.71. The number of pyridine rings is 1. The van der Waals surface area contributed by atoms with Crippen LogP contribution in [-0.4, -0.2) is 29.0 Å². The number of rotatable bonds is 7. The minimum absolute atomic E-state index is 0.0783. The van der Waals surface area contributed by atoms with E-state index in [4.69, 9.17) is 13.9 Å². The van der Waals surface area contributed by atoms with E-state index in [2.05, 4.69) is 4.98 Å². The maximum atomic E-state index is 13.6. The molecule has 1 aliphatic heterocycles. The van der Waals surface area contributed by atoms with Gasteiger partial charge >= 0.3 is 0 Å². The summed E-state index contributed by atoms with van der Waals surface area (Å²) in [6.07, 6.45) is 3.36. The number of ether oxygens (including phenoxy) is 2. The third-order valence-electron chi connectivity index (χ3n) is 5.86. The SMILES string of the molecule is CCOc1ccc(C2c3c(oc4ccccc4c3=O)C(=O)N2Cc2ccncc2)cc1OCC. The van der Waals surface area contributed by atoms with Crippen LogP contribution in [0.5, 0.6) is 11.5 Å². The Morgan fingerprint density at radius 2 is 1.68 bits per heavy atom. The normalized spacial score (nSPS) is 14.9. The van der Waals surface area contributed by atoms with E-state index in [1.54, 1.807) is 41.6 Å². The van der Waals surface area contributed by atoms with Crippen molar-refractivity contribution in [3.8, 4) is 11.5 Å². The molecule has 4 aromatic rings. The summed E-state index contributed by atoms with van der Waals surface area (Å²) >= 11 is 0. The summed E-state index contributed by atoms with van der Waals surface area (Å²) in [5.74, 6) is 0.932. The second-order valence-electron chi connectivity index (χ2n) is 7.93. The van der Waals surface area contributed by atoms with Crippen molar-refractivity contribution in [3.63, 3.8) is 0 Å². The summed E-state index contributed by atoms with van der Waals surface area (Å²) in [6, 6.07) is 15.6. The van der Waals surface area contributed by atoms with E-state index in [9.17, 15) is 9.59 Å². The highest BCUT2D eigenvalue weighted by Crippen LogP contribution is 2.41. The van der Waals surface area contributed by atoms with Crippen molar-refractivity contribution in [1.29, 1.82) is 0 Å². The van der Waals surface area contributed by atoms with E-state index in [0.29, 0.717) is 47.8 Å². The molecular formula is C27H24N2O5. The van der Waals surface area contributed by atoms with Gasteiger partial charge in [0.05, 0.1) is 30.2 Å². The molecule has 1 unspecified atom stereocenters. The third kappa shape index (κ3) is 3.69. The number of amides is 1. The third-order valence-corrected chi connectivity index (χ3v) is 5.86. The Bertz CT molecular complexity index is 1410. The topological polar surface area (TPSA) is 81.9 Å². The Morgan fingerprint density at radius 1 is 0.941 bits per heavy atom. The second-order valence-corrected chi connectivity index (χ2v) is 7.93. The first-order chi connectivity index (χ1) is 16.6. The molecule has 0 spiro atoms. The van der Waals surface area contributed by atoms with Gasteiger partial charge in [0.2, 0.25) is 5.76 Å². The average molecular weight is 456 g/mol. The zero-order valence-corrected chi connectivity index (χ0v) is 19.0. The highest BCUT2D eigenvalue weighted by Gasteiger charge is 2.43. The van der Waals surface area contributed by atoms with Crippen molar-refractivity contribution < 1.29 is 18.7 Å². The average Bonchev–Trinajstić information content (AvgIpc) is 3.13. The van der Waals surface area contributed by atoms with Gasteiger partial charge in [0.1, 0.15) is 5.58 Å². The van der Waals surface area contributed by atoms with Gasteiger partial charge in [-0.3, -0.25) is 14.6 Å². The molecule has 5 rings (SSSR count). The molecule has 172 valence electrons. The lowest BCUT2D eigenvalue weighted by Gasteiger charge is -2.26. The molecule has 1 aliphatic rings. The van der Waals surface area contributed by atoms with Crippen molar-refractivity contribution in [1.82, 2.24) is 9.88 Å². The standard InChI is InChI=1S/C27H24N2O5/c1-3-32-21-10-9-18(15-22(21)33-4-2)24-23-25(30)19-7-5-6-8-20(19)34-26(23)27(31)29(24)16-17-11-13-28-14-12-17/h5-15,24H,3-4,16H2,1-2H3. The van der Waals surface area contributed by atoms with Crippen LogP contribution >= 0.6 is 0 Å². The quantitative estimate of drug-likeness (QED) is 0.400. The summed E-state index contributed by atoms with van der Waals surface area (Å²) < 4.78 is 17.5.